The summed E-state index contributed by atoms with van der Waals surface area (Å²) >= 11 is 1.77. The van der Waals surface area contributed by atoms with E-state index in [4.69, 9.17) is 0 Å². The molecule has 1 aliphatic rings. The summed E-state index contributed by atoms with van der Waals surface area (Å²) in [5, 5.41) is 0.210. The molecule has 1 aliphatic heterocycles. The van der Waals surface area contributed by atoms with Gasteiger partial charge in [-0.1, -0.05) is 36.4 Å². The second kappa shape index (κ2) is 5.10. The van der Waals surface area contributed by atoms with E-state index in [2.05, 4.69) is 18.2 Å². The molecular weight excluding hydrogens is 254 g/mol. The van der Waals surface area contributed by atoms with E-state index >= 15 is 0 Å². The summed E-state index contributed by atoms with van der Waals surface area (Å²) in [5.41, 5.74) is 2.28. The molecule has 0 unspecified atom stereocenters. The summed E-state index contributed by atoms with van der Waals surface area (Å²) in [6.07, 6.45) is 0.563. The number of hydrogen-bond donors (Lipinski definition) is 0. The maximum atomic E-state index is 12.1. The number of hydrogen-bond acceptors (Lipinski definition) is 2. The van der Waals surface area contributed by atoms with Crippen LogP contribution in [-0.4, -0.2) is 13.0 Å². The second-order valence-corrected chi connectivity index (χ2v) is 5.91. The molecule has 19 heavy (non-hydrogen) atoms. The topological polar surface area (TPSA) is 20.3 Å². The zero-order valence-corrected chi connectivity index (χ0v) is 11.6. The molecule has 1 amide bonds. The van der Waals surface area contributed by atoms with E-state index in [1.54, 1.807) is 16.7 Å². The van der Waals surface area contributed by atoms with Crippen molar-refractivity contribution in [3.05, 3.63) is 60.2 Å². The third-order valence-corrected chi connectivity index (χ3v) is 4.65. The van der Waals surface area contributed by atoms with Gasteiger partial charge in [-0.15, -0.1) is 11.8 Å². The van der Waals surface area contributed by atoms with E-state index < -0.39 is 0 Å². The van der Waals surface area contributed by atoms with E-state index in [9.17, 15) is 4.79 Å². The van der Waals surface area contributed by atoms with Crippen molar-refractivity contribution in [2.75, 3.05) is 11.9 Å². The molecule has 0 saturated heterocycles. The highest BCUT2D eigenvalue weighted by molar-refractivity contribution is 7.99. The van der Waals surface area contributed by atoms with Gasteiger partial charge >= 0.3 is 0 Å². The summed E-state index contributed by atoms with van der Waals surface area (Å²) in [7, 11) is 1.85. The largest absolute Gasteiger partial charge is 0.315 e. The molecule has 0 aromatic heterocycles. The number of carbonyl (C=O) groups excluding carboxylic acids is 1. The van der Waals surface area contributed by atoms with Crippen molar-refractivity contribution in [1.82, 2.24) is 0 Å². The minimum atomic E-state index is 0.187. The van der Waals surface area contributed by atoms with Crippen LogP contribution in [0.1, 0.15) is 17.2 Å². The van der Waals surface area contributed by atoms with Crippen molar-refractivity contribution in [1.29, 1.82) is 0 Å². The maximum absolute atomic E-state index is 12.1. The van der Waals surface area contributed by atoms with Crippen molar-refractivity contribution in [3.8, 4) is 0 Å². The Balaban J connectivity index is 1.95. The number of carbonyl (C=O) groups is 1. The van der Waals surface area contributed by atoms with Crippen molar-refractivity contribution in [2.24, 2.45) is 0 Å². The van der Waals surface area contributed by atoms with Crippen molar-refractivity contribution >= 4 is 23.4 Å². The number of benzene rings is 2. The lowest BCUT2D eigenvalue weighted by Gasteiger charge is -2.31. The zero-order valence-electron chi connectivity index (χ0n) is 10.7. The lowest BCUT2D eigenvalue weighted by Crippen LogP contribution is -2.32. The molecular formula is C16H15NOS. The molecule has 2 nitrogen and oxygen atoms in total. The Morgan fingerprint density at radius 1 is 1.05 bits per heavy atom. The summed E-state index contributed by atoms with van der Waals surface area (Å²) in [4.78, 5) is 15.0. The van der Waals surface area contributed by atoms with Crippen LogP contribution in [0.25, 0.3) is 0 Å². The van der Waals surface area contributed by atoms with E-state index in [0.717, 1.165) is 5.69 Å². The highest BCUT2D eigenvalue weighted by atomic mass is 32.2. The Labute approximate surface area is 117 Å². The SMILES string of the molecule is CN1C(=O)C[C@H](Sc2ccccc2)c2ccccc21. The molecule has 0 saturated carbocycles. The Morgan fingerprint density at radius 2 is 1.74 bits per heavy atom. The molecule has 2 aromatic carbocycles. The van der Waals surface area contributed by atoms with E-state index in [1.807, 2.05) is 43.4 Å². The first-order valence-corrected chi connectivity index (χ1v) is 7.21. The molecule has 0 radical (unpaired) electrons. The average molecular weight is 269 g/mol. The number of rotatable bonds is 2. The third kappa shape index (κ3) is 2.38. The van der Waals surface area contributed by atoms with Gasteiger partial charge in [0.25, 0.3) is 0 Å². The molecule has 1 heterocycles. The standard InChI is InChI=1S/C16H15NOS/c1-17-14-10-6-5-9-13(14)15(11-16(17)18)19-12-7-3-2-4-8-12/h2-10,15H,11H2,1H3/t15-/m0/s1. The third-order valence-electron chi connectivity index (χ3n) is 3.40. The first-order valence-electron chi connectivity index (χ1n) is 6.33. The zero-order chi connectivity index (χ0) is 13.2. The number of fused-ring (bicyclic) bond motifs is 1. The van der Waals surface area contributed by atoms with Gasteiger partial charge in [0.05, 0.1) is 0 Å². The Bertz CT molecular complexity index is 597. The second-order valence-electron chi connectivity index (χ2n) is 4.64. The smallest absolute Gasteiger partial charge is 0.228 e. The highest BCUT2D eigenvalue weighted by Gasteiger charge is 2.29. The fraction of sp³-hybridized carbons (Fsp3) is 0.188. The predicted octanol–water partition coefficient (Wildman–Crippen LogP) is 3.89. The minimum Gasteiger partial charge on any atom is -0.315 e. The van der Waals surface area contributed by atoms with Crippen molar-refractivity contribution in [3.63, 3.8) is 0 Å². The van der Waals surface area contributed by atoms with E-state index in [1.165, 1.54) is 10.5 Å². The first kappa shape index (κ1) is 12.3. The summed E-state index contributed by atoms with van der Waals surface area (Å²) in [5.74, 6) is 0.187. The van der Waals surface area contributed by atoms with Crippen molar-refractivity contribution < 1.29 is 4.79 Å². The van der Waals surface area contributed by atoms with Gasteiger partial charge in [-0.3, -0.25) is 4.79 Å². The number of anilines is 1. The van der Waals surface area contributed by atoms with Gasteiger partial charge < -0.3 is 4.90 Å². The number of nitrogens with zero attached hydrogens (tertiary/aromatic N) is 1. The summed E-state index contributed by atoms with van der Waals surface area (Å²) in [6.45, 7) is 0. The predicted molar refractivity (Wildman–Crippen MR) is 79.5 cm³/mol. The maximum Gasteiger partial charge on any atom is 0.228 e. The quantitative estimate of drug-likeness (QED) is 0.824. The molecule has 0 fully saturated rings. The molecule has 2 aromatic rings. The fourth-order valence-electron chi connectivity index (χ4n) is 2.37. The lowest BCUT2D eigenvalue weighted by molar-refractivity contribution is -0.118. The van der Waals surface area contributed by atoms with Crippen LogP contribution in [0, 0.1) is 0 Å². The molecule has 3 rings (SSSR count). The van der Waals surface area contributed by atoms with Gasteiger partial charge in [0, 0.05) is 29.3 Å². The Hall–Kier alpha value is -1.74. The normalized spacial score (nSPS) is 18.3. The first-order chi connectivity index (χ1) is 9.25. The van der Waals surface area contributed by atoms with Crippen LogP contribution >= 0.6 is 11.8 Å². The molecule has 0 N–H and O–H groups in total. The molecule has 1 atom stereocenters. The van der Waals surface area contributed by atoms with Gasteiger partial charge in [-0.2, -0.15) is 0 Å². The van der Waals surface area contributed by atoms with Gasteiger partial charge in [0.1, 0.15) is 0 Å². The highest BCUT2D eigenvalue weighted by Crippen LogP contribution is 2.44. The van der Waals surface area contributed by atoms with E-state index in [-0.39, 0.29) is 11.2 Å². The summed E-state index contributed by atoms with van der Waals surface area (Å²) < 4.78 is 0. The van der Waals surface area contributed by atoms with Crippen molar-refractivity contribution in [2.45, 2.75) is 16.6 Å². The monoisotopic (exact) mass is 269 g/mol. The van der Waals surface area contributed by atoms with Crippen LogP contribution in [0.15, 0.2) is 59.5 Å². The fourth-order valence-corrected chi connectivity index (χ4v) is 3.57. The van der Waals surface area contributed by atoms with Crippen LogP contribution in [0.5, 0.6) is 0 Å². The molecule has 3 heteroatoms. The van der Waals surface area contributed by atoms with Crippen LogP contribution < -0.4 is 4.90 Å². The Morgan fingerprint density at radius 3 is 2.53 bits per heavy atom. The van der Waals surface area contributed by atoms with Crippen LogP contribution in [0.2, 0.25) is 0 Å². The Kier molecular flexibility index (Phi) is 3.30. The number of amides is 1. The van der Waals surface area contributed by atoms with Crippen LogP contribution in [0.4, 0.5) is 5.69 Å². The van der Waals surface area contributed by atoms with Crippen LogP contribution in [-0.2, 0) is 4.79 Å². The number of thioether (sulfide) groups is 1. The molecule has 0 spiro atoms. The molecule has 96 valence electrons. The lowest BCUT2D eigenvalue weighted by atomic mass is 10.0. The van der Waals surface area contributed by atoms with E-state index in [0.29, 0.717) is 6.42 Å². The molecule has 0 aliphatic carbocycles. The number of para-hydroxylation sites is 1. The summed E-state index contributed by atoms with van der Waals surface area (Å²) in [6, 6.07) is 18.4. The minimum absolute atomic E-state index is 0.187. The molecule has 0 bridgehead atoms. The van der Waals surface area contributed by atoms with Crippen LogP contribution in [0.3, 0.4) is 0 Å². The van der Waals surface area contributed by atoms with Gasteiger partial charge in [-0.05, 0) is 23.8 Å². The average Bonchev–Trinajstić information content (AvgIpc) is 2.46. The van der Waals surface area contributed by atoms with Gasteiger partial charge in [-0.25, -0.2) is 0 Å². The van der Waals surface area contributed by atoms with Gasteiger partial charge in [0.2, 0.25) is 5.91 Å². The van der Waals surface area contributed by atoms with Gasteiger partial charge in [0.15, 0.2) is 0 Å².